The number of fused-ring (bicyclic) bond motifs is 1. The van der Waals surface area contributed by atoms with Crippen LogP contribution < -0.4 is 0 Å². The Kier molecular flexibility index (Phi) is 5.10. The standard InChI is InChI=1S/C20H22O4S/c1-13-17(21)20(25-15-10-6-3-7-11-15)23-16-12-22-19(24-18(13)16)14-8-4-2-5-9-14/h2-11,13,16-21H,12H2,1H3/t13-,16?,17?,18+,19?,20+/m1/s1. The topological polar surface area (TPSA) is 47.9 Å². The van der Waals surface area contributed by atoms with Crippen LogP contribution >= 0.6 is 11.8 Å². The van der Waals surface area contributed by atoms with Crippen LogP contribution in [0.1, 0.15) is 18.8 Å². The summed E-state index contributed by atoms with van der Waals surface area (Å²) in [5, 5.41) is 10.7. The van der Waals surface area contributed by atoms with E-state index in [4.69, 9.17) is 14.2 Å². The number of aliphatic hydroxyl groups excluding tert-OH is 1. The number of aliphatic hydroxyl groups is 1. The molecule has 2 aromatic rings. The van der Waals surface area contributed by atoms with Gasteiger partial charge < -0.3 is 19.3 Å². The fraction of sp³-hybridized carbons (Fsp3) is 0.400. The minimum atomic E-state index is -0.596. The molecule has 0 amide bonds. The first kappa shape index (κ1) is 17.1. The van der Waals surface area contributed by atoms with Crippen molar-refractivity contribution in [3.63, 3.8) is 0 Å². The maximum Gasteiger partial charge on any atom is 0.184 e. The van der Waals surface area contributed by atoms with Crippen molar-refractivity contribution in [2.45, 2.75) is 41.9 Å². The normalized spacial score (nSPS) is 35.1. The lowest BCUT2D eigenvalue weighted by molar-refractivity contribution is -0.307. The summed E-state index contributed by atoms with van der Waals surface area (Å²) in [5.74, 6) is -0.0323. The number of ether oxygens (including phenoxy) is 3. The van der Waals surface area contributed by atoms with Crippen LogP contribution in [0.5, 0.6) is 0 Å². The Morgan fingerprint density at radius 2 is 1.64 bits per heavy atom. The van der Waals surface area contributed by atoms with Crippen molar-refractivity contribution in [3.05, 3.63) is 66.2 Å². The lowest BCUT2D eigenvalue weighted by Gasteiger charge is -2.47. The van der Waals surface area contributed by atoms with Gasteiger partial charge in [-0.3, -0.25) is 0 Å². The quantitative estimate of drug-likeness (QED) is 0.908. The van der Waals surface area contributed by atoms with Gasteiger partial charge in [0.05, 0.1) is 18.8 Å². The second-order valence-electron chi connectivity index (χ2n) is 6.50. The number of hydrogen-bond donors (Lipinski definition) is 1. The van der Waals surface area contributed by atoms with E-state index in [1.807, 2.05) is 67.6 Å². The summed E-state index contributed by atoms with van der Waals surface area (Å²) in [6.45, 7) is 2.49. The smallest absolute Gasteiger partial charge is 0.184 e. The van der Waals surface area contributed by atoms with Crippen LogP contribution in [-0.4, -0.2) is 35.5 Å². The summed E-state index contributed by atoms with van der Waals surface area (Å²) in [5.41, 5.74) is 0.669. The molecule has 1 N–H and O–H groups in total. The minimum absolute atomic E-state index is 0.0323. The van der Waals surface area contributed by atoms with Crippen molar-refractivity contribution in [2.75, 3.05) is 6.61 Å². The molecule has 25 heavy (non-hydrogen) atoms. The fourth-order valence-corrected chi connectivity index (χ4v) is 4.50. The number of benzene rings is 2. The molecule has 2 fully saturated rings. The van der Waals surface area contributed by atoms with Gasteiger partial charge in [-0.05, 0) is 12.1 Å². The van der Waals surface area contributed by atoms with Crippen LogP contribution in [-0.2, 0) is 14.2 Å². The predicted molar refractivity (Wildman–Crippen MR) is 96.1 cm³/mol. The van der Waals surface area contributed by atoms with Gasteiger partial charge in [0.2, 0.25) is 0 Å². The molecule has 2 aromatic carbocycles. The highest BCUT2D eigenvalue weighted by molar-refractivity contribution is 7.99. The molecule has 4 nitrogen and oxygen atoms in total. The summed E-state index contributed by atoms with van der Waals surface area (Å²) < 4.78 is 18.1. The van der Waals surface area contributed by atoms with E-state index < -0.39 is 12.4 Å². The Bertz CT molecular complexity index is 679. The molecule has 0 saturated carbocycles. The molecule has 2 saturated heterocycles. The first-order valence-corrected chi connectivity index (χ1v) is 9.47. The Morgan fingerprint density at radius 3 is 2.36 bits per heavy atom. The third-order valence-corrected chi connectivity index (χ3v) is 5.94. The van der Waals surface area contributed by atoms with Crippen LogP contribution in [0.2, 0.25) is 0 Å². The number of rotatable bonds is 3. The summed E-state index contributed by atoms with van der Waals surface area (Å²) in [6, 6.07) is 19.9. The minimum Gasteiger partial charge on any atom is -0.389 e. The zero-order valence-corrected chi connectivity index (χ0v) is 14.8. The maximum atomic E-state index is 10.7. The summed E-state index contributed by atoms with van der Waals surface area (Å²) in [7, 11) is 0. The first-order chi connectivity index (χ1) is 12.2. The first-order valence-electron chi connectivity index (χ1n) is 8.59. The molecule has 0 radical (unpaired) electrons. The third kappa shape index (κ3) is 3.61. The Balaban J connectivity index is 1.46. The van der Waals surface area contributed by atoms with E-state index in [0.29, 0.717) is 6.61 Å². The average molecular weight is 358 g/mol. The molecule has 2 aliphatic rings. The van der Waals surface area contributed by atoms with Crippen LogP contribution in [0.3, 0.4) is 0 Å². The van der Waals surface area contributed by atoms with Gasteiger partial charge in [-0.25, -0.2) is 0 Å². The molecule has 0 aliphatic carbocycles. The molecule has 132 valence electrons. The predicted octanol–water partition coefficient (Wildman–Crippen LogP) is 3.61. The van der Waals surface area contributed by atoms with E-state index in [-0.39, 0.29) is 23.6 Å². The third-order valence-electron chi connectivity index (χ3n) is 4.77. The van der Waals surface area contributed by atoms with Crippen LogP contribution in [0.15, 0.2) is 65.6 Å². The molecule has 4 rings (SSSR count). The van der Waals surface area contributed by atoms with Crippen molar-refractivity contribution < 1.29 is 19.3 Å². The lowest BCUT2D eigenvalue weighted by atomic mass is 9.91. The molecular weight excluding hydrogens is 336 g/mol. The Morgan fingerprint density at radius 1 is 0.960 bits per heavy atom. The van der Waals surface area contributed by atoms with Gasteiger partial charge in [0.25, 0.3) is 0 Å². The molecule has 2 aliphatic heterocycles. The van der Waals surface area contributed by atoms with Gasteiger partial charge >= 0.3 is 0 Å². The van der Waals surface area contributed by atoms with Gasteiger partial charge in [-0.15, -0.1) is 0 Å². The van der Waals surface area contributed by atoms with Crippen molar-refractivity contribution >= 4 is 11.8 Å². The van der Waals surface area contributed by atoms with Crippen molar-refractivity contribution in [3.8, 4) is 0 Å². The molecule has 5 heteroatoms. The monoisotopic (exact) mass is 358 g/mol. The zero-order chi connectivity index (χ0) is 17.2. The van der Waals surface area contributed by atoms with Gasteiger partial charge in [-0.1, -0.05) is 67.2 Å². The van der Waals surface area contributed by atoms with Gasteiger partial charge in [-0.2, -0.15) is 0 Å². The number of hydrogen-bond acceptors (Lipinski definition) is 5. The molecule has 0 bridgehead atoms. The zero-order valence-electron chi connectivity index (χ0n) is 14.0. The highest BCUT2D eigenvalue weighted by Crippen LogP contribution is 2.41. The highest BCUT2D eigenvalue weighted by atomic mass is 32.2. The number of thioether (sulfide) groups is 1. The summed E-state index contributed by atoms with van der Waals surface area (Å²) in [4.78, 5) is 1.08. The Labute approximate surface area is 152 Å². The largest absolute Gasteiger partial charge is 0.389 e. The fourth-order valence-electron chi connectivity index (χ4n) is 3.34. The van der Waals surface area contributed by atoms with Gasteiger partial charge in [0.1, 0.15) is 11.5 Å². The van der Waals surface area contributed by atoms with E-state index in [0.717, 1.165) is 10.5 Å². The lowest BCUT2D eigenvalue weighted by Crippen LogP contribution is -2.57. The second kappa shape index (κ2) is 7.48. The van der Waals surface area contributed by atoms with E-state index in [1.165, 1.54) is 0 Å². The van der Waals surface area contributed by atoms with E-state index in [1.54, 1.807) is 11.8 Å². The average Bonchev–Trinajstić information content (AvgIpc) is 2.67. The van der Waals surface area contributed by atoms with Gasteiger partial charge in [0, 0.05) is 16.4 Å². The van der Waals surface area contributed by atoms with E-state index in [2.05, 4.69) is 0 Å². The van der Waals surface area contributed by atoms with Crippen LogP contribution in [0, 0.1) is 5.92 Å². The van der Waals surface area contributed by atoms with E-state index in [9.17, 15) is 5.11 Å². The van der Waals surface area contributed by atoms with Crippen LogP contribution in [0.25, 0.3) is 0 Å². The van der Waals surface area contributed by atoms with Gasteiger partial charge in [0.15, 0.2) is 6.29 Å². The van der Waals surface area contributed by atoms with E-state index >= 15 is 0 Å². The maximum absolute atomic E-state index is 10.7. The highest BCUT2D eigenvalue weighted by Gasteiger charge is 2.47. The molecule has 2 heterocycles. The second-order valence-corrected chi connectivity index (χ2v) is 7.67. The molecule has 3 unspecified atom stereocenters. The Hall–Kier alpha value is -1.37. The van der Waals surface area contributed by atoms with Crippen molar-refractivity contribution in [1.29, 1.82) is 0 Å². The molecular formula is C20H22O4S. The van der Waals surface area contributed by atoms with Crippen LogP contribution in [0.4, 0.5) is 0 Å². The molecule has 0 aromatic heterocycles. The van der Waals surface area contributed by atoms with Crippen molar-refractivity contribution in [2.24, 2.45) is 5.92 Å². The SMILES string of the molecule is C[C@@H]1C(O)[C@H](Sc2ccccc2)OC2COC(c3ccccc3)O[C@H]21. The summed E-state index contributed by atoms with van der Waals surface area (Å²) in [6.07, 6.45) is -1.35. The summed E-state index contributed by atoms with van der Waals surface area (Å²) >= 11 is 1.55. The van der Waals surface area contributed by atoms with Crippen molar-refractivity contribution in [1.82, 2.24) is 0 Å². The molecule has 6 atom stereocenters. The molecule has 0 spiro atoms.